The number of phosphoric acid groups is 3. The maximum absolute atomic E-state index is 12.7. The molecule has 0 spiro atoms. The summed E-state index contributed by atoms with van der Waals surface area (Å²) in [7, 11) is -16.5. The number of nitrogen functional groups attached to an aromatic ring is 1. The smallest absolute Gasteiger partial charge is 0.481 e. The van der Waals surface area contributed by atoms with Crippen LogP contribution in [0.2, 0.25) is 0 Å². The summed E-state index contributed by atoms with van der Waals surface area (Å²) < 4.78 is 62.2. The summed E-state index contributed by atoms with van der Waals surface area (Å²) in [6.45, 7) is 0.282. The number of phosphoric ester groups is 3. The molecule has 0 radical (unpaired) electrons. The highest BCUT2D eigenvalue weighted by molar-refractivity contribution is 8.13. The Morgan fingerprint density at radius 3 is 2.32 bits per heavy atom. The zero-order valence-electron chi connectivity index (χ0n) is 33.4. The van der Waals surface area contributed by atoms with E-state index >= 15 is 0 Å². The number of hydrogen-bond acceptors (Lipinski definition) is 20. The molecule has 1 aliphatic heterocycles. The average Bonchev–Trinajstić information content (AvgIpc) is 3.73. The van der Waals surface area contributed by atoms with Gasteiger partial charge in [-0.2, -0.15) is 4.31 Å². The number of unbranched alkanes of at least 4 members (excludes halogenated alkanes) is 2. The van der Waals surface area contributed by atoms with Crippen molar-refractivity contribution in [3.8, 4) is 0 Å². The second-order valence-corrected chi connectivity index (χ2v) is 19.9. The van der Waals surface area contributed by atoms with Crippen LogP contribution in [0.25, 0.3) is 11.2 Å². The number of carbonyl (C=O) groups excluding carboxylic acids is 3. The first-order valence-corrected chi connectivity index (χ1v) is 24.3. The van der Waals surface area contributed by atoms with Gasteiger partial charge in [0.25, 0.3) is 0 Å². The van der Waals surface area contributed by atoms with Gasteiger partial charge < -0.3 is 61.1 Å². The summed E-state index contributed by atoms with van der Waals surface area (Å²) in [5.74, 6) is -2.18. The number of aliphatic hydroxyl groups is 3. The molecule has 62 heavy (non-hydrogen) atoms. The molecule has 1 aliphatic rings. The average molecular weight is 968 g/mol. The number of carbonyl (C=O) groups is 4. The second kappa shape index (κ2) is 23.8. The van der Waals surface area contributed by atoms with Crippen molar-refractivity contribution in [2.75, 3.05) is 37.8 Å². The number of hydrogen-bond donors (Lipinski definition) is 11. The quantitative estimate of drug-likeness (QED) is 0.0390. The minimum Gasteiger partial charge on any atom is -0.481 e. The van der Waals surface area contributed by atoms with Gasteiger partial charge in [0.2, 0.25) is 11.8 Å². The first-order valence-electron chi connectivity index (χ1n) is 18.8. The summed E-state index contributed by atoms with van der Waals surface area (Å²) in [6.07, 6.45) is -5.03. The number of carboxylic acid groups (broad SMARTS) is 1. The Hall–Kier alpha value is -3.01. The third-order valence-electron chi connectivity index (χ3n) is 8.87. The summed E-state index contributed by atoms with van der Waals surface area (Å²) in [6, 6.07) is 0. The number of nitrogens with one attached hydrogen (secondary N) is 2. The van der Waals surface area contributed by atoms with Crippen LogP contribution < -0.4 is 16.4 Å². The third kappa shape index (κ3) is 17.9. The van der Waals surface area contributed by atoms with Gasteiger partial charge in [-0.1, -0.05) is 38.5 Å². The van der Waals surface area contributed by atoms with Crippen LogP contribution in [0.1, 0.15) is 71.4 Å². The lowest BCUT2D eigenvalue weighted by Gasteiger charge is -2.30. The van der Waals surface area contributed by atoms with E-state index in [9.17, 15) is 67.8 Å². The van der Waals surface area contributed by atoms with Crippen LogP contribution in [0.5, 0.6) is 0 Å². The molecule has 8 atom stereocenters. The molecule has 3 rings (SSSR count). The molecule has 3 heterocycles. The van der Waals surface area contributed by atoms with Gasteiger partial charge in [-0.05, 0) is 19.3 Å². The van der Waals surface area contributed by atoms with Crippen molar-refractivity contribution in [3.05, 3.63) is 12.7 Å². The Labute approximate surface area is 357 Å². The van der Waals surface area contributed by atoms with Gasteiger partial charge in [-0.3, -0.25) is 37.3 Å². The number of nitrogens with two attached hydrogens (primary N) is 1. The minimum atomic E-state index is -5.59. The van der Waals surface area contributed by atoms with Crippen LogP contribution in [0.3, 0.4) is 0 Å². The molecule has 0 aliphatic carbocycles. The van der Waals surface area contributed by atoms with Gasteiger partial charge in [-0.25, -0.2) is 28.6 Å². The number of aliphatic carboxylic acids is 1. The molecule has 27 nitrogen and oxygen atoms in total. The van der Waals surface area contributed by atoms with E-state index in [0.717, 1.165) is 29.0 Å². The molecule has 31 heteroatoms. The van der Waals surface area contributed by atoms with Gasteiger partial charge in [0.15, 0.2) is 22.8 Å². The van der Waals surface area contributed by atoms with Crippen LogP contribution in [0.4, 0.5) is 5.82 Å². The van der Waals surface area contributed by atoms with Crippen molar-refractivity contribution in [1.82, 2.24) is 30.2 Å². The Kier molecular flexibility index (Phi) is 20.5. The third-order valence-corrected chi connectivity index (χ3v) is 12.9. The number of anilines is 1. The Morgan fingerprint density at radius 1 is 0.952 bits per heavy atom. The molecule has 1 saturated heterocycles. The predicted octanol–water partition coefficient (Wildman–Crippen LogP) is -0.159. The summed E-state index contributed by atoms with van der Waals surface area (Å²) in [5, 5.41) is 44.8. The van der Waals surface area contributed by atoms with E-state index in [1.165, 1.54) is 13.8 Å². The first kappa shape index (κ1) is 53.3. The molecular formula is C31H52N7O20P3S. The van der Waals surface area contributed by atoms with Crippen molar-refractivity contribution in [2.45, 2.75) is 102 Å². The molecule has 0 aromatic carbocycles. The summed E-state index contributed by atoms with van der Waals surface area (Å²) >= 11 is 0.971. The number of aromatic nitrogens is 4. The van der Waals surface area contributed by atoms with Crippen LogP contribution in [0.15, 0.2) is 12.7 Å². The predicted molar refractivity (Wildman–Crippen MR) is 213 cm³/mol. The van der Waals surface area contributed by atoms with Crippen molar-refractivity contribution in [2.24, 2.45) is 5.41 Å². The second-order valence-electron chi connectivity index (χ2n) is 14.5. The number of aliphatic hydroxyl groups excluding tert-OH is 3. The lowest BCUT2D eigenvalue weighted by Crippen LogP contribution is -2.46. The van der Waals surface area contributed by atoms with Crippen molar-refractivity contribution < 1.29 is 95.5 Å². The van der Waals surface area contributed by atoms with Crippen LogP contribution >= 0.6 is 35.2 Å². The highest BCUT2D eigenvalue weighted by Crippen LogP contribution is 2.61. The van der Waals surface area contributed by atoms with Crippen molar-refractivity contribution in [1.29, 1.82) is 0 Å². The van der Waals surface area contributed by atoms with E-state index in [1.807, 2.05) is 0 Å². The van der Waals surface area contributed by atoms with Crippen LogP contribution in [-0.2, 0) is 55.5 Å². The number of carboxylic acids is 1. The zero-order valence-corrected chi connectivity index (χ0v) is 36.9. The maximum Gasteiger partial charge on any atom is 0.481 e. The molecule has 0 saturated carbocycles. The van der Waals surface area contributed by atoms with Gasteiger partial charge in [-0.15, -0.1) is 0 Å². The van der Waals surface area contributed by atoms with Gasteiger partial charge in [0.05, 0.1) is 25.6 Å². The maximum atomic E-state index is 12.7. The SMILES string of the molecule is CC(C)(COP(=O)(O)OP(=O)(O)OCC1OC(n2cnc3c(N)ncnc32)C(O)C1OP(=O)(O)O)C(O)C(=O)NCCC(=O)NCCSC(=O)CCC(O)CCCCCC(=O)O. The minimum absolute atomic E-state index is 0.0195. The molecule has 352 valence electrons. The first-order chi connectivity index (χ1) is 28.8. The standard InChI is InChI=1S/C31H52N7O20P3S/c1-31(2,26(45)29(46)34-11-10-20(40)33-12-13-62-22(43)9-8-18(39)6-4-3-5-7-21(41)42)15-55-61(52,53)58-60(50,51)54-14-19-25(57-59(47,48)49)24(44)30(56-19)38-17-37-23-27(32)35-16-36-28(23)38/h16-19,24-26,30,39,44-45H,3-15H2,1-2H3,(H,33,40)(H,34,46)(H,41,42)(H,50,51)(H,52,53)(H2,32,35,36)(H2,47,48,49). The Morgan fingerprint density at radius 2 is 1.65 bits per heavy atom. The van der Waals surface area contributed by atoms with E-state index in [4.69, 9.17) is 24.6 Å². The molecule has 1 fully saturated rings. The highest BCUT2D eigenvalue weighted by Gasteiger charge is 2.50. The van der Waals surface area contributed by atoms with E-state index in [1.54, 1.807) is 0 Å². The van der Waals surface area contributed by atoms with Crippen LogP contribution in [0, 0.1) is 5.41 Å². The number of rotatable bonds is 28. The number of ether oxygens (including phenoxy) is 1. The zero-order chi connectivity index (χ0) is 46.5. The number of thioether (sulfide) groups is 1. The lowest BCUT2D eigenvalue weighted by molar-refractivity contribution is -0.137. The number of imidazole rings is 1. The molecule has 2 amide bonds. The largest absolute Gasteiger partial charge is 0.481 e. The summed E-state index contributed by atoms with van der Waals surface area (Å²) in [4.78, 5) is 98.4. The number of nitrogens with zero attached hydrogens (tertiary/aromatic N) is 4. The molecule has 12 N–H and O–H groups in total. The van der Waals surface area contributed by atoms with Crippen molar-refractivity contribution in [3.63, 3.8) is 0 Å². The highest BCUT2D eigenvalue weighted by atomic mass is 32.2. The molecular weight excluding hydrogens is 915 g/mol. The molecule has 8 unspecified atom stereocenters. The summed E-state index contributed by atoms with van der Waals surface area (Å²) in [5.41, 5.74) is 4.21. The Balaban J connectivity index is 1.39. The van der Waals surface area contributed by atoms with E-state index in [2.05, 4.69) is 34.4 Å². The normalized spacial score (nSPS) is 21.2. The topological polar surface area (TPSA) is 421 Å². The van der Waals surface area contributed by atoms with E-state index in [-0.39, 0.29) is 66.6 Å². The van der Waals surface area contributed by atoms with Crippen LogP contribution in [-0.4, -0.2) is 145 Å². The number of fused-ring (bicyclic) bond motifs is 1. The number of amides is 2. The van der Waals surface area contributed by atoms with Gasteiger partial charge in [0, 0.05) is 43.5 Å². The fraction of sp³-hybridized carbons (Fsp3) is 0.710. The molecule has 2 aromatic heterocycles. The Bertz CT molecular complexity index is 1990. The lowest BCUT2D eigenvalue weighted by atomic mass is 9.87. The monoisotopic (exact) mass is 967 g/mol. The fourth-order valence-corrected chi connectivity index (χ4v) is 9.15. The molecule has 0 bridgehead atoms. The molecule has 2 aromatic rings. The van der Waals surface area contributed by atoms with Crippen molar-refractivity contribution >= 4 is 75.1 Å². The van der Waals surface area contributed by atoms with Gasteiger partial charge >= 0.3 is 29.4 Å². The van der Waals surface area contributed by atoms with Gasteiger partial charge in [0.1, 0.15) is 36.3 Å². The fourth-order valence-electron chi connectivity index (χ4n) is 5.63. The van der Waals surface area contributed by atoms with E-state index < -0.39 is 96.6 Å². The van der Waals surface area contributed by atoms with E-state index in [0.29, 0.717) is 25.7 Å².